The second kappa shape index (κ2) is 20.7. The smallest absolute Gasteiger partial charge is 0.217 e. The summed E-state index contributed by atoms with van der Waals surface area (Å²) in [5, 5.41) is 140. The van der Waals surface area contributed by atoms with E-state index in [2.05, 4.69) is 10.6 Å². The molecular weight excluding hydrogens is 756 g/mol. The summed E-state index contributed by atoms with van der Waals surface area (Å²) in [6, 6.07) is -2.36. The lowest BCUT2D eigenvalue weighted by Crippen LogP contribution is -2.68. The first kappa shape index (κ1) is 45.8. The summed E-state index contributed by atoms with van der Waals surface area (Å²) in [6.45, 7) is -3.32. The van der Waals surface area contributed by atoms with E-state index in [-0.39, 0.29) is 6.61 Å². The zero-order valence-electron chi connectivity index (χ0n) is 29.3. The predicted octanol–water partition coefficient (Wildman–Crippen LogP) is -10.5. The van der Waals surface area contributed by atoms with Gasteiger partial charge in [0.15, 0.2) is 25.2 Å². The Kier molecular flexibility index (Phi) is 17.2. The molecular formula is C30H52N2O23. The van der Waals surface area contributed by atoms with E-state index in [9.17, 15) is 76.0 Å². The van der Waals surface area contributed by atoms with E-state index < -0.39 is 168 Å². The van der Waals surface area contributed by atoms with Crippen LogP contribution in [0.1, 0.15) is 6.92 Å². The van der Waals surface area contributed by atoms with E-state index in [0.29, 0.717) is 6.41 Å². The van der Waals surface area contributed by atoms with Crippen LogP contribution in [0.2, 0.25) is 0 Å². The largest absolute Gasteiger partial charge is 0.394 e. The summed E-state index contributed by atoms with van der Waals surface area (Å²) in [5.41, 5.74) is 0. The third kappa shape index (κ3) is 10.4. The zero-order valence-corrected chi connectivity index (χ0v) is 29.3. The number of carbonyl (C=O) groups is 2. The van der Waals surface area contributed by atoms with Crippen molar-refractivity contribution < 1.29 is 114 Å². The Morgan fingerprint density at radius 2 is 0.982 bits per heavy atom. The molecule has 4 rings (SSSR count). The van der Waals surface area contributed by atoms with Crippen molar-refractivity contribution in [3.05, 3.63) is 0 Å². The van der Waals surface area contributed by atoms with Crippen molar-refractivity contribution in [1.29, 1.82) is 0 Å². The predicted molar refractivity (Wildman–Crippen MR) is 169 cm³/mol. The monoisotopic (exact) mass is 808 g/mol. The van der Waals surface area contributed by atoms with E-state index in [4.69, 9.17) is 37.9 Å². The molecule has 25 heteroatoms. The van der Waals surface area contributed by atoms with Crippen LogP contribution in [0, 0.1) is 0 Å². The molecule has 21 atom stereocenters. The highest BCUT2D eigenvalue weighted by molar-refractivity contribution is 5.73. The van der Waals surface area contributed by atoms with Crippen molar-refractivity contribution in [2.24, 2.45) is 0 Å². The van der Waals surface area contributed by atoms with Crippen molar-refractivity contribution in [3.8, 4) is 0 Å². The highest BCUT2D eigenvalue weighted by Crippen LogP contribution is 2.34. The molecule has 0 unspecified atom stereocenters. The van der Waals surface area contributed by atoms with E-state index in [1.807, 2.05) is 0 Å². The maximum atomic E-state index is 11.8. The molecule has 4 fully saturated rings. The molecule has 4 heterocycles. The number of aliphatic hydroxyl groups excluding tert-OH is 13. The van der Waals surface area contributed by atoms with Crippen LogP contribution in [0.5, 0.6) is 0 Å². The molecule has 2 amide bonds. The van der Waals surface area contributed by atoms with Gasteiger partial charge in [0.05, 0.1) is 45.7 Å². The highest BCUT2D eigenvalue weighted by atomic mass is 16.8. The molecule has 320 valence electrons. The summed E-state index contributed by atoms with van der Waals surface area (Å²) >= 11 is 0. The summed E-state index contributed by atoms with van der Waals surface area (Å²) < 4.78 is 44.5. The molecule has 4 aliphatic rings. The summed E-state index contributed by atoms with van der Waals surface area (Å²) in [4.78, 5) is 22.5. The molecule has 25 nitrogen and oxygen atoms in total. The number of aliphatic hydroxyl groups is 13. The minimum Gasteiger partial charge on any atom is -0.394 e. The number of nitrogens with one attached hydrogen (secondary N) is 2. The Morgan fingerprint density at radius 3 is 1.38 bits per heavy atom. The fraction of sp³-hybridized carbons (Fsp3) is 0.933. The van der Waals surface area contributed by atoms with Crippen molar-refractivity contribution in [1.82, 2.24) is 10.6 Å². The van der Waals surface area contributed by atoms with Gasteiger partial charge < -0.3 is 115 Å². The van der Waals surface area contributed by atoms with Gasteiger partial charge in [0, 0.05) is 6.92 Å². The second-order valence-corrected chi connectivity index (χ2v) is 13.4. The van der Waals surface area contributed by atoms with Gasteiger partial charge in [-0.25, -0.2) is 0 Å². The normalized spacial score (nSPS) is 45.8. The quantitative estimate of drug-likeness (QED) is 0.0607. The van der Waals surface area contributed by atoms with E-state index >= 15 is 0 Å². The van der Waals surface area contributed by atoms with Crippen LogP contribution < -0.4 is 10.6 Å². The zero-order chi connectivity index (χ0) is 40.7. The highest BCUT2D eigenvalue weighted by Gasteiger charge is 2.55. The van der Waals surface area contributed by atoms with Gasteiger partial charge in [-0.15, -0.1) is 0 Å². The maximum Gasteiger partial charge on any atom is 0.217 e. The minimum atomic E-state index is -2.06. The molecule has 15 N–H and O–H groups in total. The van der Waals surface area contributed by atoms with Crippen LogP contribution in [-0.2, 0) is 47.5 Å². The van der Waals surface area contributed by atoms with Crippen LogP contribution in [0.4, 0.5) is 0 Å². The Bertz CT molecular complexity index is 1190. The van der Waals surface area contributed by atoms with Crippen LogP contribution in [0.15, 0.2) is 0 Å². The molecule has 0 aromatic carbocycles. The van der Waals surface area contributed by atoms with Gasteiger partial charge in [-0.3, -0.25) is 9.59 Å². The van der Waals surface area contributed by atoms with Gasteiger partial charge in [-0.05, 0) is 0 Å². The second-order valence-electron chi connectivity index (χ2n) is 13.4. The lowest BCUT2D eigenvalue weighted by molar-refractivity contribution is -0.386. The number of carbonyl (C=O) groups excluding carboxylic acids is 2. The molecule has 0 saturated carbocycles. The number of hydrogen-bond donors (Lipinski definition) is 15. The Morgan fingerprint density at radius 1 is 0.582 bits per heavy atom. The molecule has 0 aromatic rings. The van der Waals surface area contributed by atoms with Gasteiger partial charge in [0.1, 0.15) is 97.6 Å². The third-order valence-electron chi connectivity index (χ3n) is 9.57. The van der Waals surface area contributed by atoms with Gasteiger partial charge in [0.25, 0.3) is 0 Å². The molecule has 4 aliphatic heterocycles. The van der Waals surface area contributed by atoms with Crippen LogP contribution >= 0.6 is 0 Å². The Labute approximate surface area is 312 Å². The van der Waals surface area contributed by atoms with Crippen LogP contribution in [0.25, 0.3) is 0 Å². The fourth-order valence-electron chi connectivity index (χ4n) is 6.54. The molecule has 0 bridgehead atoms. The SMILES string of the molecule is CC(=O)N[C@H]1[C@H](O[C@@H]2[C@H](O)[C@@H](O)[C@@H](O[C@@H]3[C@H](O)[C@@H](O)[C@H](O[C@H]4[C@H](O)[C@@H](O)[C@H](OC[C@@H](CO)NC=O)O[C@@H]4CO)O[C@@H]3CO)O[C@@H]2CO)O[C@H](CO)[C@H](O)[C@@H]1O. The first-order valence-electron chi connectivity index (χ1n) is 17.3. The van der Waals surface area contributed by atoms with Crippen LogP contribution in [-0.4, -0.2) is 247 Å². The lowest BCUT2D eigenvalue weighted by atomic mass is 9.95. The molecule has 55 heavy (non-hydrogen) atoms. The van der Waals surface area contributed by atoms with E-state index in [1.165, 1.54) is 0 Å². The molecule has 4 saturated heterocycles. The minimum absolute atomic E-state index is 0.303. The van der Waals surface area contributed by atoms with Gasteiger partial charge in [-0.2, -0.15) is 0 Å². The first-order valence-corrected chi connectivity index (χ1v) is 17.3. The molecule has 0 spiro atoms. The standard InChI is InChI=1S/C30H52N2O23/c1-9(39)32-15-17(41)16(40)11(3-34)49-27(15)53-24-13(5-36)51-29(22(46)19(24)43)55-26-14(6-37)52-30(23(47)20(26)44)54-25-12(4-35)50-28(21(45)18(25)42)48-7-10(2-33)31-8-38/h8,10-30,33-37,40-47H,2-7H2,1H3,(H,31,38)(H,32,39)/t10-,11-,12-,13-,14-,15-,16+,17-,18-,19-,20-,21-,22-,23-,24+,25-,26+,27+,28-,29-,30+/m1/s1. The number of hydrogen-bond acceptors (Lipinski definition) is 23. The Hall–Kier alpha value is -1.90. The van der Waals surface area contributed by atoms with Gasteiger partial charge >= 0.3 is 0 Å². The van der Waals surface area contributed by atoms with Crippen molar-refractivity contribution >= 4 is 12.3 Å². The van der Waals surface area contributed by atoms with Gasteiger partial charge in [0.2, 0.25) is 12.3 Å². The topological polar surface area (TPSA) is 395 Å². The van der Waals surface area contributed by atoms with Crippen molar-refractivity contribution in [2.75, 3.05) is 39.6 Å². The Balaban J connectivity index is 1.42. The fourth-order valence-corrected chi connectivity index (χ4v) is 6.54. The molecule has 0 radical (unpaired) electrons. The first-order chi connectivity index (χ1) is 26.1. The number of amides is 2. The maximum absolute atomic E-state index is 11.8. The number of rotatable bonds is 17. The molecule has 0 aliphatic carbocycles. The van der Waals surface area contributed by atoms with E-state index in [0.717, 1.165) is 6.92 Å². The third-order valence-corrected chi connectivity index (χ3v) is 9.57. The summed E-state index contributed by atoms with van der Waals surface area (Å²) in [6.07, 6.45) is -33.1. The average Bonchev–Trinajstić information content (AvgIpc) is 3.17. The average molecular weight is 809 g/mol. The van der Waals surface area contributed by atoms with Gasteiger partial charge in [-0.1, -0.05) is 0 Å². The van der Waals surface area contributed by atoms with Crippen molar-refractivity contribution in [2.45, 2.75) is 136 Å². The lowest BCUT2D eigenvalue weighted by Gasteiger charge is -2.49. The van der Waals surface area contributed by atoms with Crippen molar-refractivity contribution in [3.63, 3.8) is 0 Å². The number of ether oxygens (including phenoxy) is 8. The molecule has 0 aromatic heterocycles. The summed E-state index contributed by atoms with van der Waals surface area (Å²) in [7, 11) is 0. The van der Waals surface area contributed by atoms with Crippen LogP contribution in [0.3, 0.4) is 0 Å². The van der Waals surface area contributed by atoms with E-state index in [1.54, 1.807) is 0 Å². The summed E-state index contributed by atoms with van der Waals surface area (Å²) in [5.74, 6) is -0.684.